The molecule has 1 saturated heterocycles. The molecule has 1 N–H and O–H groups in total. The van der Waals surface area contributed by atoms with Crippen molar-refractivity contribution in [3.05, 3.63) is 58.4 Å². The molecule has 0 spiro atoms. The number of halogens is 1. The van der Waals surface area contributed by atoms with Crippen molar-refractivity contribution < 1.29 is 13.9 Å². The fraction of sp³-hybridized carbons (Fsp3) is 0.318. The number of amides is 1. The van der Waals surface area contributed by atoms with Crippen molar-refractivity contribution in [3.63, 3.8) is 0 Å². The maximum absolute atomic E-state index is 12.4. The van der Waals surface area contributed by atoms with Gasteiger partial charge in [0.15, 0.2) is 0 Å². The predicted octanol–water partition coefficient (Wildman–Crippen LogP) is 3.75. The van der Waals surface area contributed by atoms with Gasteiger partial charge in [-0.05, 0) is 36.5 Å². The van der Waals surface area contributed by atoms with E-state index in [2.05, 4.69) is 20.2 Å². The molecule has 3 aromatic rings. The van der Waals surface area contributed by atoms with Gasteiger partial charge in [-0.3, -0.25) is 14.6 Å². The number of carbonyl (C=O) groups excluding carboxylic acids is 1. The summed E-state index contributed by atoms with van der Waals surface area (Å²) in [6.07, 6.45) is 0. The number of anilines is 1. The average molecular weight is 474 g/mol. The number of aromatic nitrogens is 2. The molecule has 32 heavy (non-hydrogen) atoms. The number of para-hydroxylation sites is 2. The first kappa shape index (κ1) is 22.5. The van der Waals surface area contributed by atoms with Crippen LogP contribution in [0.3, 0.4) is 0 Å². The van der Waals surface area contributed by atoms with Gasteiger partial charge in [0.1, 0.15) is 5.75 Å². The molecule has 0 bridgehead atoms. The van der Waals surface area contributed by atoms with Gasteiger partial charge < -0.3 is 14.5 Å². The van der Waals surface area contributed by atoms with Gasteiger partial charge in [-0.1, -0.05) is 35.9 Å². The van der Waals surface area contributed by atoms with Crippen LogP contribution < -0.4 is 10.1 Å². The van der Waals surface area contributed by atoms with Crippen molar-refractivity contribution in [1.82, 2.24) is 19.6 Å². The monoisotopic (exact) mass is 473 g/mol. The van der Waals surface area contributed by atoms with Gasteiger partial charge in [0.2, 0.25) is 5.91 Å². The van der Waals surface area contributed by atoms with Gasteiger partial charge in [0, 0.05) is 26.2 Å². The summed E-state index contributed by atoms with van der Waals surface area (Å²) in [6, 6.07) is 14.7. The van der Waals surface area contributed by atoms with Crippen molar-refractivity contribution in [3.8, 4) is 17.2 Å². The highest BCUT2D eigenvalue weighted by atomic mass is 35.5. The molecule has 1 aromatic heterocycles. The van der Waals surface area contributed by atoms with Crippen LogP contribution in [0.15, 0.2) is 52.9 Å². The highest BCUT2D eigenvalue weighted by Gasteiger charge is 2.21. The summed E-state index contributed by atoms with van der Waals surface area (Å²) in [5.41, 5.74) is 1.39. The third kappa shape index (κ3) is 5.36. The Balaban J connectivity index is 1.31. The predicted molar refractivity (Wildman–Crippen MR) is 125 cm³/mol. The molecular formula is C22H24ClN5O3S. The maximum atomic E-state index is 12.4. The number of piperazine rings is 1. The van der Waals surface area contributed by atoms with Crippen LogP contribution in [-0.4, -0.2) is 65.3 Å². The van der Waals surface area contributed by atoms with E-state index in [1.165, 1.54) is 0 Å². The van der Waals surface area contributed by atoms with E-state index in [-0.39, 0.29) is 5.91 Å². The van der Waals surface area contributed by atoms with E-state index < -0.39 is 0 Å². The third-order valence-electron chi connectivity index (χ3n) is 5.26. The molecule has 0 radical (unpaired) electrons. The molecule has 2 heterocycles. The second kappa shape index (κ2) is 10.3. The van der Waals surface area contributed by atoms with E-state index in [1.54, 1.807) is 23.9 Å². The molecule has 0 aliphatic carbocycles. The minimum atomic E-state index is -0.0771. The fourth-order valence-electron chi connectivity index (χ4n) is 3.56. The lowest BCUT2D eigenvalue weighted by Gasteiger charge is -2.33. The van der Waals surface area contributed by atoms with E-state index in [9.17, 15) is 4.79 Å². The molecule has 1 aliphatic rings. The van der Waals surface area contributed by atoms with Gasteiger partial charge in [-0.25, -0.2) is 4.68 Å². The number of nitrogens with zero attached hydrogens (tertiary/aromatic N) is 4. The molecule has 168 valence electrons. The topological polar surface area (TPSA) is 75.8 Å². The largest absolute Gasteiger partial charge is 0.496 e. The van der Waals surface area contributed by atoms with E-state index in [0.717, 1.165) is 31.7 Å². The summed E-state index contributed by atoms with van der Waals surface area (Å²) in [4.78, 5) is 17.0. The number of carbonyl (C=O) groups is 1. The van der Waals surface area contributed by atoms with E-state index in [0.29, 0.717) is 40.4 Å². The number of hydrogen-bond acceptors (Lipinski definition) is 7. The Kier molecular flexibility index (Phi) is 7.21. The summed E-state index contributed by atoms with van der Waals surface area (Å²) in [5, 5.41) is 7.94. The number of methoxy groups -OCH3 is 1. The first-order chi connectivity index (χ1) is 15.5. The van der Waals surface area contributed by atoms with Gasteiger partial charge in [-0.15, -0.1) is 5.10 Å². The van der Waals surface area contributed by atoms with E-state index in [1.807, 2.05) is 36.4 Å². The number of hydrogen-bond donors (Lipinski definition) is 1. The third-order valence-corrected chi connectivity index (χ3v) is 5.88. The van der Waals surface area contributed by atoms with Crippen molar-refractivity contribution in [2.75, 3.05) is 45.2 Å². The Labute approximate surface area is 196 Å². The lowest BCUT2D eigenvalue weighted by molar-refractivity contribution is -0.117. The summed E-state index contributed by atoms with van der Waals surface area (Å²) >= 11 is 11.5. The first-order valence-electron chi connectivity index (χ1n) is 10.2. The summed E-state index contributed by atoms with van der Waals surface area (Å²) in [6.45, 7) is 3.95. The van der Waals surface area contributed by atoms with Crippen LogP contribution in [0.4, 0.5) is 5.69 Å². The SMILES string of the molecule is COc1ccccc1-c1nn(CN2CCN(CC(=O)Nc3ccccc3Cl)CC2)c(=S)o1. The van der Waals surface area contributed by atoms with Crippen LogP contribution >= 0.6 is 23.8 Å². The molecule has 0 unspecified atom stereocenters. The Morgan fingerprint density at radius 2 is 1.81 bits per heavy atom. The highest BCUT2D eigenvalue weighted by molar-refractivity contribution is 7.71. The van der Waals surface area contributed by atoms with Crippen molar-refractivity contribution in [2.24, 2.45) is 0 Å². The summed E-state index contributed by atoms with van der Waals surface area (Å²) < 4.78 is 12.8. The van der Waals surface area contributed by atoms with Crippen molar-refractivity contribution in [2.45, 2.75) is 6.67 Å². The van der Waals surface area contributed by atoms with Gasteiger partial charge >= 0.3 is 0 Å². The van der Waals surface area contributed by atoms with Gasteiger partial charge in [0.05, 0.1) is 36.6 Å². The van der Waals surface area contributed by atoms with Gasteiger partial charge in [-0.2, -0.15) is 0 Å². The van der Waals surface area contributed by atoms with Crippen molar-refractivity contribution in [1.29, 1.82) is 0 Å². The average Bonchev–Trinajstić information content (AvgIpc) is 3.16. The molecule has 1 fully saturated rings. The smallest absolute Gasteiger partial charge is 0.288 e. The molecule has 10 heteroatoms. The van der Waals surface area contributed by atoms with Crippen LogP contribution in [0.5, 0.6) is 5.75 Å². The lowest BCUT2D eigenvalue weighted by Crippen LogP contribution is -2.48. The normalized spacial score (nSPS) is 14.9. The first-order valence-corrected chi connectivity index (χ1v) is 11.0. The number of benzene rings is 2. The van der Waals surface area contributed by atoms with Crippen LogP contribution in [0, 0.1) is 4.84 Å². The molecule has 0 atom stereocenters. The molecule has 8 nitrogen and oxygen atoms in total. The second-order valence-corrected chi connectivity index (χ2v) is 8.19. The lowest BCUT2D eigenvalue weighted by atomic mass is 10.2. The molecule has 1 amide bonds. The number of ether oxygens (including phenoxy) is 1. The molecule has 4 rings (SSSR count). The highest BCUT2D eigenvalue weighted by Crippen LogP contribution is 2.28. The summed E-state index contributed by atoms with van der Waals surface area (Å²) in [5.74, 6) is 1.04. The van der Waals surface area contributed by atoms with Crippen LogP contribution in [0.25, 0.3) is 11.5 Å². The second-order valence-electron chi connectivity index (χ2n) is 7.44. The molecule has 1 aliphatic heterocycles. The minimum absolute atomic E-state index is 0.0771. The standard InChI is InChI=1S/C22H24ClN5O3S/c1-30-19-9-5-2-6-16(19)21-25-28(22(32)31-21)15-27-12-10-26(11-13-27)14-20(29)24-18-8-4-3-7-17(18)23/h2-9H,10-15H2,1H3,(H,24,29). The maximum Gasteiger partial charge on any atom is 0.288 e. The zero-order chi connectivity index (χ0) is 22.5. The Morgan fingerprint density at radius 3 is 2.56 bits per heavy atom. The Hall–Kier alpha value is -2.72. The Morgan fingerprint density at radius 1 is 1.12 bits per heavy atom. The quantitative estimate of drug-likeness (QED) is 0.524. The van der Waals surface area contributed by atoms with Crippen molar-refractivity contribution >= 4 is 35.4 Å². The van der Waals surface area contributed by atoms with Crippen LogP contribution in [0.1, 0.15) is 0 Å². The minimum Gasteiger partial charge on any atom is -0.496 e. The zero-order valence-electron chi connectivity index (χ0n) is 17.7. The zero-order valence-corrected chi connectivity index (χ0v) is 19.2. The fourth-order valence-corrected chi connectivity index (χ4v) is 3.92. The molecule has 2 aromatic carbocycles. The molecule has 0 saturated carbocycles. The van der Waals surface area contributed by atoms with E-state index >= 15 is 0 Å². The molecular weight excluding hydrogens is 450 g/mol. The van der Waals surface area contributed by atoms with E-state index in [4.69, 9.17) is 33.0 Å². The summed E-state index contributed by atoms with van der Waals surface area (Å²) in [7, 11) is 1.61. The number of rotatable bonds is 7. The number of nitrogens with one attached hydrogen (secondary N) is 1. The van der Waals surface area contributed by atoms with Crippen LogP contribution in [0.2, 0.25) is 5.02 Å². The Bertz CT molecular complexity index is 1140. The van der Waals surface area contributed by atoms with Crippen LogP contribution in [-0.2, 0) is 11.5 Å². The van der Waals surface area contributed by atoms with Gasteiger partial charge in [0.25, 0.3) is 10.7 Å².